The Bertz CT molecular complexity index is 1400. The van der Waals surface area contributed by atoms with Gasteiger partial charge in [-0.1, -0.05) is 48.0 Å². The van der Waals surface area contributed by atoms with Crippen molar-refractivity contribution in [2.75, 3.05) is 34.8 Å². The summed E-state index contributed by atoms with van der Waals surface area (Å²) in [6.45, 7) is 0.584. The first-order chi connectivity index (χ1) is 18.6. The summed E-state index contributed by atoms with van der Waals surface area (Å²) >= 11 is 6.10. The highest BCUT2D eigenvalue weighted by atomic mass is 35.5. The average Bonchev–Trinajstić information content (AvgIpc) is 2.93. The molecule has 1 saturated carbocycles. The van der Waals surface area contributed by atoms with Crippen LogP contribution in [0.1, 0.15) is 35.2 Å². The van der Waals surface area contributed by atoms with Gasteiger partial charge in [-0.15, -0.1) is 0 Å². The number of hydrogen-bond acceptors (Lipinski definition) is 6. The quantitative estimate of drug-likeness (QED) is 0.318. The fourth-order valence-electron chi connectivity index (χ4n) is 5.46. The van der Waals surface area contributed by atoms with Gasteiger partial charge >= 0.3 is 5.97 Å². The van der Waals surface area contributed by atoms with Crippen LogP contribution in [0, 0.1) is 5.92 Å². The fourth-order valence-corrected chi connectivity index (χ4v) is 7.16. The molecule has 0 saturated heterocycles. The van der Waals surface area contributed by atoms with Crippen LogP contribution in [0.25, 0.3) is 0 Å². The van der Waals surface area contributed by atoms with Crippen LogP contribution in [0.4, 0.5) is 0 Å². The number of sulfonamides is 1. The lowest BCUT2D eigenvalue weighted by Crippen LogP contribution is -2.52. The lowest BCUT2D eigenvalue weighted by molar-refractivity contribution is -0.0916. The normalized spacial score (nSPS) is 21.6. The van der Waals surface area contributed by atoms with Crippen LogP contribution in [-0.4, -0.2) is 64.4 Å². The molecular formula is C30H35ClN2O5S. The Kier molecular flexibility index (Phi) is 9.01. The maximum absolute atomic E-state index is 13.5. The van der Waals surface area contributed by atoms with Crippen molar-refractivity contribution in [3.63, 3.8) is 0 Å². The van der Waals surface area contributed by atoms with Crippen molar-refractivity contribution >= 4 is 27.6 Å². The van der Waals surface area contributed by atoms with Gasteiger partial charge in [0.1, 0.15) is 11.4 Å². The third-order valence-electron chi connectivity index (χ3n) is 7.48. The molecule has 0 N–H and O–H groups in total. The second-order valence-corrected chi connectivity index (χ2v) is 12.7. The Morgan fingerprint density at radius 1 is 1.00 bits per heavy atom. The minimum atomic E-state index is -3.78. The van der Waals surface area contributed by atoms with Gasteiger partial charge in [-0.05, 0) is 81.4 Å². The molecule has 0 aromatic heterocycles. The van der Waals surface area contributed by atoms with E-state index in [1.54, 1.807) is 56.6 Å². The van der Waals surface area contributed by atoms with Gasteiger partial charge in [0.05, 0.1) is 17.6 Å². The van der Waals surface area contributed by atoms with E-state index < -0.39 is 21.6 Å². The molecule has 3 unspecified atom stereocenters. The predicted molar refractivity (Wildman–Crippen MR) is 153 cm³/mol. The number of carbonyl (C=O) groups is 1. The van der Waals surface area contributed by atoms with Gasteiger partial charge < -0.3 is 14.4 Å². The fraction of sp³-hybridized carbons (Fsp3) is 0.367. The van der Waals surface area contributed by atoms with Crippen LogP contribution in [0.15, 0.2) is 83.8 Å². The van der Waals surface area contributed by atoms with Crippen molar-refractivity contribution in [2.45, 2.75) is 35.8 Å². The molecule has 0 spiro atoms. The average molecular weight is 571 g/mol. The van der Waals surface area contributed by atoms with E-state index in [9.17, 15) is 13.2 Å². The first kappa shape index (κ1) is 29.1. The summed E-state index contributed by atoms with van der Waals surface area (Å²) in [7, 11) is 3.36. The predicted octanol–water partition coefficient (Wildman–Crippen LogP) is 5.45. The van der Waals surface area contributed by atoms with E-state index in [-0.39, 0.29) is 16.9 Å². The highest BCUT2D eigenvalue weighted by Crippen LogP contribution is 2.48. The Morgan fingerprint density at radius 3 is 2.38 bits per heavy atom. The van der Waals surface area contributed by atoms with E-state index in [2.05, 4.69) is 0 Å². The smallest absolute Gasteiger partial charge is 0.339 e. The zero-order valence-corrected chi connectivity index (χ0v) is 24.3. The molecular weight excluding hydrogens is 536 g/mol. The minimum Gasteiger partial charge on any atom is -0.497 e. The molecule has 1 aliphatic rings. The van der Waals surface area contributed by atoms with E-state index in [4.69, 9.17) is 21.1 Å². The molecule has 1 fully saturated rings. The lowest BCUT2D eigenvalue weighted by Gasteiger charge is -2.48. The van der Waals surface area contributed by atoms with Crippen LogP contribution >= 0.6 is 11.6 Å². The molecule has 1 aliphatic carbocycles. The van der Waals surface area contributed by atoms with E-state index in [1.165, 1.54) is 10.4 Å². The number of hydrogen-bond donors (Lipinski definition) is 0. The number of nitrogens with zero attached hydrogens (tertiary/aromatic N) is 2. The van der Waals surface area contributed by atoms with E-state index in [0.29, 0.717) is 42.1 Å². The van der Waals surface area contributed by atoms with E-state index >= 15 is 0 Å². The summed E-state index contributed by atoms with van der Waals surface area (Å²) in [5, 5.41) is 0.364. The number of halogens is 1. The number of methoxy groups -OCH3 is 1. The standard InChI is InChI=1S/C30H35ClN2O5S/c1-32(2)21-24-18-26(33(3)39(35,36)28-15-9-13-25(31)20-28)16-17-30(24,23-12-8-14-27(19-23)37-4)38-29(34)22-10-6-5-7-11-22/h5-15,19-20,24,26H,16-18,21H2,1-4H3. The van der Waals surface area contributed by atoms with Gasteiger partial charge in [-0.25, -0.2) is 13.2 Å². The molecule has 0 heterocycles. The van der Waals surface area contributed by atoms with Crippen molar-refractivity contribution in [3.8, 4) is 5.75 Å². The molecule has 0 radical (unpaired) electrons. The molecule has 3 aromatic carbocycles. The van der Waals surface area contributed by atoms with Crippen LogP contribution in [-0.2, 0) is 20.4 Å². The summed E-state index contributed by atoms with van der Waals surface area (Å²) in [6.07, 6.45) is 1.44. The topological polar surface area (TPSA) is 76.1 Å². The Morgan fingerprint density at radius 2 is 1.72 bits per heavy atom. The maximum atomic E-state index is 13.5. The van der Waals surface area contributed by atoms with Gasteiger partial charge in [-0.2, -0.15) is 4.31 Å². The van der Waals surface area contributed by atoms with Crippen molar-refractivity contribution in [3.05, 3.63) is 95.0 Å². The van der Waals surface area contributed by atoms with Crippen LogP contribution in [0.2, 0.25) is 5.02 Å². The zero-order valence-electron chi connectivity index (χ0n) is 22.7. The Balaban J connectivity index is 1.74. The summed E-state index contributed by atoms with van der Waals surface area (Å²) in [4.78, 5) is 15.7. The molecule has 3 atom stereocenters. The van der Waals surface area contributed by atoms with Gasteiger partial charge in [0.2, 0.25) is 10.0 Å². The van der Waals surface area contributed by atoms with Crippen LogP contribution in [0.3, 0.4) is 0 Å². The zero-order chi connectivity index (χ0) is 28.2. The monoisotopic (exact) mass is 570 g/mol. The molecule has 0 aliphatic heterocycles. The number of rotatable bonds is 9. The van der Waals surface area contributed by atoms with Crippen molar-refractivity contribution in [2.24, 2.45) is 5.92 Å². The molecule has 7 nitrogen and oxygen atoms in total. The summed E-state index contributed by atoms with van der Waals surface area (Å²) in [5.41, 5.74) is 0.311. The van der Waals surface area contributed by atoms with E-state index in [1.807, 2.05) is 49.3 Å². The number of esters is 1. The number of benzene rings is 3. The third kappa shape index (κ3) is 6.30. The molecule has 4 rings (SSSR count). The summed E-state index contributed by atoms with van der Waals surface area (Å²) in [5.74, 6) is 0.0394. The molecule has 208 valence electrons. The van der Waals surface area contributed by atoms with Gasteiger partial charge in [0.15, 0.2) is 0 Å². The maximum Gasteiger partial charge on any atom is 0.339 e. The first-order valence-corrected chi connectivity index (χ1v) is 14.7. The van der Waals surface area contributed by atoms with Crippen LogP contribution < -0.4 is 4.74 Å². The van der Waals surface area contributed by atoms with Crippen molar-refractivity contribution < 1.29 is 22.7 Å². The highest BCUT2D eigenvalue weighted by molar-refractivity contribution is 7.89. The lowest BCUT2D eigenvalue weighted by atomic mass is 9.69. The second-order valence-electron chi connectivity index (χ2n) is 10.2. The molecule has 39 heavy (non-hydrogen) atoms. The highest BCUT2D eigenvalue weighted by Gasteiger charge is 2.50. The van der Waals surface area contributed by atoms with Gasteiger partial charge in [0.25, 0.3) is 0 Å². The minimum absolute atomic E-state index is 0.154. The van der Waals surface area contributed by atoms with Crippen molar-refractivity contribution in [1.29, 1.82) is 0 Å². The van der Waals surface area contributed by atoms with Gasteiger partial charge in [0, 0.05) is 30.6 Å². The number of ether oxygens (including phenoxy) is 2. The summed E-state index contributed by atoms with van der Waals surface area (Å²) in [6, 6.07) is 22.6. The van der Waals surface area contributed by atoms with E-state index in [0.717, 1.165) is 5.56 Å². The van der Waals surface area contributed by atoms with Crippen molar-refractivity contribution in [1.82, 2.24) is 9.21 Å². The molecule has 0 bridgehead atoms. The van der Waals surface area contributed by atoms with Crippen LogP contribution in [0.5, 0.6) is 5.75 Å². The SMILES string of the molecule is COc1cccc(C2(OC(=O)c3ccccc3)CCC(N(C)S(=O)(=O)c3cccc(Cl)c3)CC2CN(C)C)c1. The number of carbonyl (C=O) groups excluding carboxylic acids is 1. The molecule has 9 heteroatoms. The molecule has 0 amide bonds. The first-order valence-electron chi connectivity index (χ1n) is 12.9. The Labute approximate surface area is 236 Å². The Hall–Kier alpha value is -2.91. The second kappa shape index (κ2) is 12.1. The largest absolute Gasteiger partial charge is 0.497 e. The molecule has 3 aromatic rings. The summed E-state index contributed by atoms with van der Waals surface area (Å²) < 4.78 is 40.5. The third-order valence-corrected chi connectivity index (χ3v) is 9.62. The van der Waals surface area contributed by atoms with Gasteiger partial charge in [-0.3, -0.25) is 0 Å².